The van der Waals surface area contributed by atoms with Crippen molar-refractivity contribution in [1.82, 2.24) is 4.98 Å². The van der Waals surface area contributed by atoms with Crippen molar-refractivity contribution < 1.29 is 0 Å². The Labute approximate surface area is 108 Å². The Morgan fingerprint density at radius 2 is 2.20 bits per heavy atom. The van der Waals surface area contributed by atoms with Gasteiger partial charge in [0.1, 0.15) is 5.82 Å². The van der Waals surface area contributed by atoms with Crippen LogP contribution in [-0.4, -0.2) is 23.4 Å². The third kappa shape index (κ3) is 3.76. The Balaban J connectivity index is 2.81. The number of hydrogen-bond acceptors (Lipinski definition) is 2. The van der Waals surface area contributed by atoms with Crippen LogP contribution in [0.15, 0.2) is 16.7 Å². The number of aryl methyl sites for hydroxylation is 1. The molecule has 0 fully saturated rings. The van der Waals surface area contributed by atoms with Gasteiger partial charge in [0.2, 0.25) is 0 Å². The second-order valence-corrected chi connectivity index (χ2v) is 5.09. The average Bonchev–Trinajstić information content (AvgIpc) is 2.21. The molecule has 0 unspecified atom stereocenters. The summed E-state index contributed by atoms with van der Waals surface area (Å²) < 4.78 is 1.08. The van der Waals surface area contributed by atoms with Crippen LogP contribution in [0, 0.1) is 6.92 Å². The van der Waals surface area contributed by atoms with Crippen molar-refractivity contribution in [2.75, 3.05) is 23.3 Å². The van der Waals surface area contributed by atoms with Crippen molar-refractivity contribution in [3.05, 3.63) is 22.3 Å². The molecule has 0 aliphatic heterocycles. The number of pyridine rings is 1. The Bertz CT molecular complexity index is 315. The van der Waals surface area contributed by atoms with Gasteiger partial charge in [-0.05, 0) is 47.8 Å². The third-order valence-electron chi connectivity index (χ3n) is 2.20. The molecule has 1 rings (SSSR count). The highest BCUT2D eigenvalue weighted by Crippen LogP contribution is 2.24. The maximum absolute atomic E-state index is 4.47. The van der Waals surface area contributed by atoms with Crippen LogP contribution in [0.4, 0.5) is 5.82 Å². The Morgan fingerprint density at radius 1 is 1.47 bits per heavy atom. The average molecular weight is 336 g/mol. The normalized spacial score (nSPS) is 10.4. The molecule has 0 radical (unpaired) electrons. The van der Waals surface area contributed by atoms with Crippen molar-refractivity contribution in [3.63, 3.8) is 0 Å². The molecule has 1 aromatic rings. The van der Waals surface area contributed by atoms with E-state index in [2.05, 4.69) is 61.7 Å². The zero-order valence-electron chi connectivity index (χ0n) is 9.13. The highest BCUT2D eigenvalue weighted by molar-refractivity contribution is 9.10. The minimum absolute atomic E-state index is 0.988. The van der Waals surface area contributed by atoms with Gasteiger partial charge in [-0.15, -0.1) is 0 Å². The van der Waals surface area contributed by atoms with E-state index in [0.29, 0.717) is 0 Å². The molecule has 4 heteroatoms. The fraction of sp³-hybridized carbons (Fsp3) is 0.545. The predicted molar refractivity (Wildman–Crippen MR) is 73.0 cm³/mol. The van der Waals surface area contributed by atoms with Gasteiger partial charge in [0, 0.05) is 24.6 Å². The van der Waals surface area contributed by atoms with E-state index in [0.717, 1.165) is 35.1 Å². The number of anilines is 1. The van der Waals surface area contributed by atoms with Gasteiger partial charge in [-0.25, -0.2) is 4.98 Å². The Kier molecular flexibility index (Phi) is 5.61. The van der Waals surface area contributed by atoms with Gasteiger partial charge < -0.3 is 4.90 Å². The largest absolute Gasteiger partial charge is 0.356 e. The summed E-state index contributed by atoms with van der Waals surface area (Å²) in [6.07, 6.45) is 3.05. The summed E-state index contributed by atoms with van der Waals surface area (Å²) in [4.78, 5) is 6.75. The van der Waals surface area contributed by atoms with Crippen LogP contribution in [0.25, 0.3) is 0 Å². The molecule has 0 aromatic carbocycles. The molecule has 0 spiro atoms. The lowest BCUT2D eigenvalue weighted by Gasteiger charge is -2.22. The van der Waals surface area contributed by atoms with Gasteiger partial charge in [0.25, 0.3) is 0 Å². The number of hydrogen-bond donors (Lipinski definition) is 0. The van der Waals surface area contributed by atoms with E-state index in [9.17, 15) is 0 Å². The van der Waals surface area contributed by atoms with E-state index in [-0.39, 0.29) is 0 Å². The Morgan fingerprint density at radius 3 is 2.73 bits per heavy atom. The van der Waals surface area contributed by atoms with Crippen LogP contribution < -0.4 is 4.90 Å². The molecule has 0 bridgehead atoms. The van der Waals surface area contributed by atoms with Gasteiger partial charge in [0.05, 0.1) is 4.47 Å². The number of alkyl halides is 1. The summed E-state index contributed by atoms with van der Waals surface area (Å²) in [5.74, 6) is 1.05. The summed E-state index contributed by atoms with van der Waals surface area (Å²) >= 11 is 7.02. The zero-order valence-corrected chi connectivity index (χ0v) is 12.3. The molecule has 1 aromatic heterocycles. The highest BCUT2D eigenvalue weighted by Gasteiger charge is 2.09. The van der Waals surface area contributed by atoms with Crippen LogP contribution in [0.5, 0.6) is 0 Å². The number of halogens is 2. The molecule has 0 saturated heterocycles. The minimum atomic E-state index is 0.988. The second kappa shape index (κ2) is 6.48. The van der Waals surface area contributed by atoms with E-state index in [1.165, 1.54) is 5.56 Å². The SMILES string of the molecule is CCN(CCCBr)c1ncc(C)cc1Br. The maximum atomic E-state index is 4.47. The summed E-state index contributed by atoms with van der Waals surface area (Å²) in [5.41, 5.74) is 1.18. The molecule has 0 amide bonds. The molecule has 0 atom stereocenters. The number of nitrogens with zero attached hydrogens (tertiary/aromatic N) is 2. The highest BCUT2D eigenvalue weighted by atomic mass is 79.9. The first-order chi connectivity index (χ1) is 7.19. The molecule has 1 heterocycles. The zero-order chi connectivity index (χ0) is 11.3. The van der Waals surface area contributed by atoms with Gasteiger partial charge >= 0.3 is 0 Å². The molecule has 0 aliphatic rings. The van der Waals surface area contributed by atoms with Crippen molar-refractivity contribution >= 4 is 37.7 Å². The first-order valence-corrected chi connectivity index (χ1v) is 7.03. The van der Waals surface area contributed by atoms with Crippen LogP contribution >= 0.6 is 31.9 Å². The fourth-order valence-corrected chi connectivity index (χ4v) is 2.39. The van der Waals surface area contributed by atoms with Crippen molar-refractivity contribution in [1.29, 1.82) is 0 Å². The van der Waals surface area contributed by atoms with Crippen molar-refractivity contribution in [2.24, 2.45) is 0 Å². The molecular weight excluding hydrogens is 320 g/mol. The van der Waals surface area contributed by atoms with Gasteiger partial charge in [-0.3, -0.25) is 0 Å². The monoisotopic (exact) mass is 334 g/mol. The summed E-state index contributed by atoms with van der Waals surface area (Å²) in [7, 11) is 0. The standard InChI is InChI=1S/C11H16Br2N2/c1-3-15(6-4-5-12)11-10(13)7-9(2)8-14-11/h7-8H,3-6H2,1-2H3. The first-order valence-electron chi connectivity index (χ1n) is 5.12. The van der Waals surface area contributed by atoms with Gasteiger partial charge in [-0.2, -0.15) is 0 Å². The lowest BCUT2D eigenvalue weighted by molar-refractivity contribution is 0.782. The van der Waals surface area contributed by atoms with E-state index < -0.39 is 0 Å². The minimum Gasteiger partial charge on any atom is -0.356 e. The third-order valence-corrected chi connectivity index (χ3v) is 3.35. The number of aromatic nitrogens is 1. The molecular formula is C11H16Br2N2. The Hall–Kier alpha value is -0.0900. The van der Waals surface area contributed by atoms with Gasteiger partial charge in [0.15, 0.2) is 0 Å². The molecule has 15 heavy (non-hydrogen) atoms. The molecule has 0 aliphatic carbocycles. The molecule has 2 nitrogen and oxygen atoms in total. The fourth-order valence-electron chi connectivity index (χ4n) is 1.42. The lowest BCUT2D eigenvalue weighted by Crippen LogP contribution is -2.25. The van der Waals surface area contributed by atoms with E-state index in [1.54, 1.807) is 0 Å². The smallest absolute Gasteiger partial charge is 0.142 e. The lowest BCUT2D eigenvalue weighted by atomic mass is 10.3. The summed E-state index contributed by atoms with van der Waals surface area (Å²) in [6.45, 7) is 6.23. The quantitative estimate of drug-likeness (QED) is 0.761. The van der Waals surface area contributed by atoms with Crippen LogP contribution in [-0.2, 0) is 0 Å². The van der Waals surface area contributed by atoms with Crippen LogP contribution in [0.3, 0.4) is 0 Å². The summed E-state index contributed by atoms with van der Waals surface area (Å²) in [6, 6.07) is 2.11. The van der Waals surface area contributed by atoms with Crippen molar-refractivity contribution in [2.45, 2.75) is 20.3 Å². The first kappa shape index (κ1) is 13.0. The maximum Gasteiger partial charge on any atom is 0.142 e. The molecule has 0 saturated carbocycles. The number of rotatable bonds is 5. The van der Waals surface area contributed by atoms with Crippen LogP contribution in [0.2, 0.25) is 0 Å². The predicted octanol–water partition coefficient (Wildman–Crippen LogP) is 3.76. The van der Waals surface area contributed by atoms with E-state index in [1.807, 2.05) is 6.20 Å². The second-order valence-electron chi connectivity index (χ2n) is 3.44. The molecule has 84 valence electrons. The van der Waals surface area contributed by atoms with Crippen LogP contribution in [0.1, 0.15) is 18.9 Å². The van der Waals surface area contributed by atoms with Crippen molar-refractivity contribution in [3.8, 4) is 0 Å². The summed E-state index contributed by atoms with van der Waals surface area (Å²) in [5, 5.41) is 1.03. The topological polar surface area (TPSA) is 16.1 Å². The van der Waals surface area contributed by atoms with E-state index >= 15 is 0 Å². The van der Waals surface area contributed by atoms with E-state index in [4.69, 9.17) is 0 Å². The molecule has 0 N–H and O–H groups in total. The van der Waals surface area contributed by atoms with Gasteiger partial charge in [-0.1, -0.05) is 15.9 Å².